The van der Waals surface area contributed by atoms with E-state index < -0.39 is 0 Å². The minimum Gasteiger partial charge on any atom is -0.379 e. The van der Waals surface area contributed by atoms with Crippen LogP contribution in [0.5, 0.6) is 0 Å². The third-order valence-corrected chi connectivity index (χ3v) is 5.76. The van der Waals surface area contributed by atoms with Gasteiger partial charge in [-0.3, -0.25) is 4.90 Å². The van der Waals surface area contributed by atoms with E-state index >= 15 is 0 Å². The molecule has 3 heterocycles. The first-order valence-electron chi connectivity index (χ1n) is 11.3. The van der Waals surface area contributed by atoms with Crippen LogP contribution in [-0.4, -0.2) is 84.8 Å². The Bertz CT molecular complexity index is 837. The van der Waals surface area contributed by atoms with Crippen LogP contribution in [0.1, 0.15) is 18.1 Å². The van der Waals surface area contributed by atoms with E-state index in [0.717, 1.165) is 77.5 Å². The summed E-state index contributed by atoms with van der Waals surface area (Å²) in [7, 11) is 0. The second-order valence-electron chi connectivity index (χ2n) is 7.85. The summed E-state index contributed by atoms with van der Waals surface area (Å²) in [4.78, 5) is 20.8. The Kier molecular flexibility index (Phi) is 9.94. The summed E-state index contributed by atoms with van der Waals surface area (Å²) in [5.74, 6) is 1.79. The number of morpholine rings is 1. The monoisotopic (exact) mass is 551 g/mol. The van der Waals surface area contributed by atoms with Gasteiger partial charge < -0.3 is 19.9 Å². The summed E-state index contributed by atoms with van der Waals surface area (Å²) in [6.07, 6.45) is 3.60. The Balaban J connectivity index is 0.00000289. The number of benzene rings is 1. The lowest BCUT2D eigenvalue weighted by Crippen LogP contribution is -2.53. The standard InChI is InChI=1S/C23H33N7O.HI/c1-2-24-22(29-10-12-30(13-11-29)23-25-8-5-9-26-23)27-18-20-6-3-4-7-21(20)19-28-14-16-31-17-15-28;/h3-9H,2,10-19H2,1H3,(H,24,27);1H. The van der Waals surface area contributed by atoms with E-state index in [-0.39, 0.29) is 24.0 Å². The van der Waals surface area contributed by atoms with Crippen molar-refractivity contribution in [1.82, 2.24) is 25.1 Å². The Hall–Kier alpha value is -1.98. The molecule has 0 amide bonds. The first-order chi connectivity index (χ1) is 15.3. The van der Waals surface area contributed by atoms with Crippen molar-refractivity contribution >= 4 is 35.9 Å². The highest BCUT2D eigenvalue weighted by Gasteiger charge is 2.21. The number of guanidine groups is 1. The SMILES string of the molecule is CCNC(=NCc1ccccc1CN1CCOCC1)N1CCN(c2ncccn2)CC1.I. The molecule has 0 bridgehead atoms. The van der Waals surface area contributed by atoms with Gasteiger partial charge in [-0.2, -0.15) is 0 Å². The highest BCUT2D eigenvalue weighted by molar-refractivity contribution is 14.0. The maximum atomic E-state index is 5.49. The molecule has 0 saturated carbocycles. The smallest absolute Gasteiger partial charge is 0.225 e. The maximum absolute atomic E-state index is 5.49. The van der Waals surface area contributed by atoms with Gasteiger partial charge in [0.05, 0.1) is 19.8 Å². The fraction of sp³-hybridized carbons (Fsp3) is 0.522. The second-order valence-corrected chi connectivity index (χ2v) is 7.85. The van der Waals surface area contributed by atoms with E-state index in [1.165, 1.54) is 11.1 Å². The van der Waals surface area contributed by atoms with Crippen LogP contribution in [0, 0.1) is 0 Å². The highest BCUT2D eigenvalue weighted by atomic mass is 127. The van der Waals surface area contributed by atoms with E-state index in [2.05, 4.69) is 61.2 Å². The molecule has 174 valence electrons. The van der Waals surface area contributed by atoms with Gasteiger partial charge >= 0.3 is 0 Å². The summed E-state index contributed by atoms with van der Waals surface area (Å²) < 4.78 is 5.49. The van der Waals surface area contributed by atoms with Gasteiger partial charge in [0.1, 0.15) is 0 Å². The zero-order chi connectivity index (χ0) is 21.3. The van der Waals surface area contributed by atoms with Crippen molar-refractivity contribution in [3.8, 4) is 0 Å². The number of aliphatic imine (C=N–C) groups is 1. The van der Waals surface area contributed by atoms with Crippen LogP contribution in [-0.2, 0) is 17.8 Å². The fourth-order valence-electron chi connectivity index (χ4n) is 4.02. The third kappa shape index (κ3) is 6.76. The van der Waals surface area contributed by atoms with Crippen molar-refractivity contribution in [2.75, 3.05) is 63.9 Å². The van der Waals surface area contributed by atoms with Crippen LogP contribution in [0.15, 0.2) is 47.7 Å². The molecular formula is C23H34IN7O. The number of nitrogens with zero attached hydrogens (tertiary/aromatic N) is 6. The number of hydrogen-bond acceptors (Lipinski definition) is 6. The minimum absolute atomic E-state index is 0. The number of hydrogen-bond donors (Lipinski definition) is 1. The summed E-state index contributed by atoms with van der Waals surface area (Å²) >= 11 is 0. The molecule has 9 heteroatoms. The molecule has 0 radical (unpaired) electrons. The fourth-order valence-corrected chi connectivity index (χ4v) is 4.02. The average Bonchev–Trinajstić information content (AvgIpc) is 2.84. The lowest BCUT2D eigenvalue weighted by molar-refractivity contribution is 0.0341. The van der Waals surface area contributed by atoms with Crippen molar-refractivity contribution in [1.29, 1.82) is 0 Å². The second kappa shape index (κ2) is 12.9. The molecular weight excluding hydrogens is 517 g/mol. The number of nitrogens with one attached hydrogen (secondary N) is 1. The predicted octanol–water partition coefficient (Wildman–Crippen LogP) is 2.21. The summed E-state index contributed by atoms with van der Waals surface area (Å²) in [5.41, 5.74) is 2.65. The number of halogens is 1. The molecule has 8 nitrogen and oxygen atoms in total. The van der Waals surface area contributed by atoms with E-state index in [1.807, 2.05) is 6.07 Å². The largest absolute Gasteiger partial charge is 0.379 e. The lowest BCUT2D eigenvalue weighted by atomic mass is 10.1. The Morgan fingerprint density at radius 1 is 0.969 bits per heavy atom. The molecule has 2 aliphatic heterocycles. The van der Waals surface area contributed by atoms with Gasteiger partial charge in [-0.1, -0.05) is 24.3 Å². The highest BCUT2D eigenvalue weighted by Crippen LogP contribution is 2.15. The van der Waals surface area contributed by atoms with Crippen molar-refractivity contribution in [2.45, 2.75) is 20.0 Å². The van der Waals surface area contributed by atoms with Gasteiger partial charge in [0, 0.05) is 64.8 Å². The van der Waals surface area contributed by atoms with Crippen molar-refractivity contribution in [3.05, 3.63) is 53.9 Å². The topological polar surface area (TPSA) is 69.1 Å². The quantitative estimate of drug-likeness (QED) is 0.336. The molecule has 1 aromatic carbocycles. The Labute approximate surface area is 208 Å². The van der Waals surface area contributed by atoms with Gasteiger partial charge in [0.25, 0.3) is 0 Å². The number of ether oxygens (including phenoxy) is 1. The zero-order valence-corrected chi connectivity index (χ0v) is 21.1. The van der Waals surface area contributed by atoms with E-state index in [0.29, 0.717) is 6.54 Å². The first kappa shape index (κ1) is 24.7. The Morgan fingerprint density at radius 2 is 1.66 bits per heavy atom. The number of aromatic nitrogens is 2. The molecule has 0 spiro atoms. The molecule has 2 aromatic rings. The van der Waals surface area contributed by atoms with E-state index in [4.69, 9.17) is 9.73 Å². The zero-order valence-electron chi connectivity index (χ0n) is 18.8. The van der Waals surface area contributed by atoms with E-state index in [1.54, 1.807) is 12.4 Å². The molecule has 4 rings (SSSR count). The van der Waals surface area contributed by atoms with Crippen LogP contribution in [0.4, 0.5) is 5.95 Å². The van der Waals surface area contributed by atoms with Crippen LogP contribution >= 0.6 is 24.0 Å². The maximum Gasteiger partial charge on any atom is 0.225 e. The molecule has 32 heavy (non-hydrogen) atoms. The molecule has 1 aromatic heterocycles. The Morgan fingerprint density at radius 3 is 2.34 bits per heavy atom. The normalized spacial score (nSPS) is 17.7. The van der Waals surface area contributed by atoms with Crippen molar-refractivity contribution < 1.29 is 4.74 Å². The van der Waals surface area contributed by atoms with Crippen LogP contribution in [0.2, 0.25) is 0 Å². The van der Waals surface area contributed by atoms with Crippen molar-refractivity contribution in [2.24, 2.45) is 4.99 Å². The summed E-state index contributed by atoms with van der Waals surface area (Å²) in [6.45, 7) is 11.8. The number of piperazine rings is 1. The van der Waals surface area contributed by atoms with Gasteiger partial charge in [-0.05, 0) is 24.1 Å². The van der Waals surface area contributed by atoms with Crippen LogP contribution in [0.3, 0.4) is 0 Å². The number of rotatable bonds is 6. The van der Waals surface area contributed by atoms with Gasteiger partial charge in [-0.15, -0.1) is 24.0 Å². The van der Waals surface area contributed by atoms with Gasteiger partial charge in [0.15, 0.2) is 5.96 Å². The van der Waals surface area contributed by atoms with Crippen LogP contribution in [0.25, 0.3) is 0 Å². The lowest BCUT2D eigenvalue weighted by Gasteiger charge is -2.36. The molecule has 1 N–H and O–H groups in total. The summed E-state index contributed by atoms with van der Waals surface area (Å²) in [5, 5.41) is 3.48. The summed E-state index contributed by atoms with van der Waals surface area (Å²) in [6, 6.07) is 10.5. The molecule has 2 aliphatic rings. The number of anilines is 1. The average molecular weight is 551 g/mol. The van der Waals surface area contributed by atoms with E-state index in [9.17, 15) is 0 Å². The van der Waals surface area contributed by atoms with Gasteiger partial charge in [0.2, 0.25) is 5.95 Å². The van der Waals surface area contributed by atoms with Crippen molar-refractivity contribution in [3.63, 3.8) is 0 Å². The molecule has 0 atom stereocenters. The minimum atomic E-state index is 0. The molecule has 2 fully saturated rings. The third-order valence-electron chi connectivity index (χ3n) is 5.76. The molecule has 2 saturated heterocycles. The predicted molar refractivity (Wildman–Crippen MR) is 139 cm³/mol. The van der Waals surface area contributed by atoms with Gasteiger partial charge in [-0.25, -0.2) is 15.0 Å². The molecule has 0 unspecified atom stereocenters. The molecule has 0 aliphatic carbocycles. The first-order valence-corrected chi connectivity index (χ1v) is 11.3. The van der Waals surface area contributed by atoms with Crippen LogP contribution < -0.4 is 10.2 Å².